The predicted octanol–water partition coefficient (Wildman–Crippen LogP) is 2.70. The summed E-state index contributed by atoms with van der Waals surface area (Å²) in [6, 6.07) is 4.71. The van der Waals surface area contributed by atoms with Gasteiger partial charge in [-0.2, -0.15) is 4.31 Å². The summed E-state index contributed by atoms with van der Waals surface area (Å²) in [6.07, 6.45) is 2.80. The quantitative estimate of drug-likeness (QED) is 0.683. The first-order valence-corrected chi connectivity index (χ1v) is 12.6. The molecule has 2 unspecified atom stereocenters. The van der Waals surface area contributed by atoms with Gasteiger partial charge >= 0.3 is 0 Å². The normalized spacial score (nSPS) is 23.6. The van der Waals surface area contributed by atoms with E-state index < -0.39 is 10.0 Å². The highest BCUT2D eigenvalue weighted by Crippen LogP contribution is 2.31. The van der Waals surface area contributed by atoms with E-state index in [2.05, 4.69) is 5.32 Å². The van der Waals surface area contributed by atoms with Crippen LogP contribution in [0.1, 0.15) is 47.0 Å². The third kappa shape index (κ3) is 6.41. The Balaban J connectivity index is 1.79. The highest BCUT2D eigenvalue weighted by molar-refractivity contribution is 7.89. The first kappa shape index (κ1) is 24.0. The summed E-state index contributed by atoms with van der Waals surface area (Å²) in [5, 5.41) is 2.88. The van der Waals surface area contributed by atoms with E-state index in [-0.39, 0.29) is 35.7 Å². The maximum absolute atomic E-state index is 13.1. The number of ether oxygens (including phenoxy) is 2. The van der Waals surface area contributed by atoms with Crippen molar-refractivity contribution in [1.29, 1.82) is 0 Å². The van der Waals surface area contributed by atoms with Gasteiger partial charge in [-0.05, 0) is 58.7 Å². The molecule has 0 radical (unpaired) electrons. The van der Waals surface area contributed by atoms with Crippen LogP contribution < -0.4 is 10.1 Å². The fraction of sp³-hybridized carbons (Fsp3) is 0.682. The third-order valence-electron chi connectivity index (χ3n) is 5.40. The molecule has 31 heavy (non-hydrogen) atoms. The number of hydrogen-bond acceptors (Lipinski definition) is 6. The lowest BCUT2D eigenvalue weighted by Crippen LogP contribution is -2.48. The van der Waals surface area contributed by atoms with Crippen molar-refractivity contribution in [2.24, 2.45) is 0 Å². The number of carbonyl (C=O) groups is 1. The van der Waals surface area contributed by atoms with Crippen LogP contribution in [0.5, 0.6) is 5.75 Å². The molecule has 9 heteroatoms. The molecule has 2 heterocycles. The average molecular weight is 454 g/mol. The Morgan fingerprint density at radius 1 is 1.16 bits per heavy atom. The molecule has 0 saturated carbocycles. The molecule has 2 aliphatic rings. The van der Waals surface area contributed by atoms with E-state index in [1.165, 1.54) is 10.4 Å². The zero-order valence-electron chi connectivity index (χ0n) is 19.0. The first-order chi connectivity index (χ1) is 14.6. The number of amides is 1. The molecule has 0 aromatic heterocycles. The van der Waals surface area contributed by atoms with Crippen LogP contribution in [0.15, 0.2) is 23.1 Å². The molecule has 1 N–H and O–H groups in total. The SMILES string of the molecule is CC(C)Oc1ccc(S(=O)(=O)N2CCCCC2)cc1NC(=O)CN1CC(C)OC(C)C1. The van der Waals surface area contributed by atoms with Crippen LogP contribution in [0.3, 0.4) is 0 Å². The Kier molecular flexibility index (Phi) is 7.96. The molecule has 8 nitrogen and oxygen atoms in total. The van der Waals surface area contributed by atoms with Crippen LogP contribution in [-0.2, 0) is 19.6 Å². The Bertz CT molecular complexity index is 858. The molecule has 1 aromatic carbocycles. The van der Waals surface area contributed by atoms with E-state index in [0.29, 0.717) is 37.6 Å². The molecule has 0 bridgehead atoms. The van der Waals surface area contributed by atoms with Crippen LogP contribution in [0.25, 0.3) is 0 Å². The van der Waals surface area contributed by atoms with E-state index in [4.69, 9.17) is 9.47 Å². The van der Waals surface area contributed by atoms with Gasteiger partial charge in [0.05, 0.1) is 35.4 Å². The van der Waals surface area contributed by atoms with Gasteiger partial charge in [-0.1, -0.05) is 6.42 Å². The van der Waals surface area contributed by atoms with Crippen LogP contribution in [0.2, 0.25) is 0 Å². The molecule has 3 rings (SSSR count). The highest BCUT2D eigenvalue weighted by Gasteiger charge is 2.28. The maximum Gasteiger partial charge on any atom is 0.243 e. The summed E-state index contributed by atoms with van der Waals surface area (Å²) in [5.74, 6) is 0.257. The molecule has 1 amide bonds. The minimum Gasteiger partial charge on any atom is -0.489 e. The van der Waals surface area contributed by atoms with Gasteiger partial charge in [0, 0.05) is 26.2 Å². The second-order valence-corrected chi connectivity index (χ2v) is 10.7. The number of morpholine rings is 1. The number of benzene rings is 1. The van der Waals surface area contributed by atoms with Crippen molar-refractivity contribution in [2.75, 3.05) is 38.0 Å². The van der Waals surface area contributed by atoms with E-state index in [0.717, 1.165) is 19.3 Å². The number of carbonyl (C=O) groups excluding carboxylic acids is 1. The molecular weight excluding hydrogens is 418 g/mol. The molecule has 0 aliphatic carbocycles. The van der Waals surface area contributed by atoms with Gasteiger partial charge in [0.2, 0.25) is 15.9 Å². The predicted molar refractivity (Wildman–Crippen MR) is 120 cm³/mol. The lowest BCUT2D eigenvalue weighted by atomic mass is 10.2. The third-order valence-corrected chi connectivity index (χ3v) is 7.30. The van der Waals surface area contributed by atoms with E-state index in [1.807, 2.05) is 32.6 Å². The van der Waals surface area contributed by atoms with Crippen LogP contribution in [0, 0.1) is 0 Å². The standard InChI is InChI=1S/C22H35N3O5S/c1-16(2)29-21-9-8-19(31(27,28)25-10-6-5-7-11-25)12-20(21)23-22(26)15-24-13-17(3)30-18(4)14-24/h8-9,12,16-18H,5-7,10-11,13-15H2,1-4H3,(H,23,26). The molecule has 2 aliphatic heterocycles. The summed E-state index contributed by atoms with van der Waals surface area (Å²) in [6.45, 7) is 10.4. The largest absolute Gasteiger partial charge is 0.489 e. The highest BCUT2D eigenvalue weighted by atomic mass is 32.2. The number of anilines is 1. The second kappa shape index (κ2) is 10.3. The van der Waals surface area contributed by atoms with Crippen LogP contribution >= 0.6 is 0 Å². The molecule has 174 valence electrons. The monoisotopic (exact) mass is 453 g/mol. The number of piperidine rings is 1. The van der Waals surface area contributed by atoms with Crippen molar-refractivity contribution in [3.05, 3.63) is 18.2 Å². The van der Waals surface area contributed by atoms with E-state index in [1.54, 1.807) is 12.1 Å². The summed E-state index contributed by atoms with van der Waals surface area (Å²) in [7, 11) is -3.61. The molecule has 1 aromatic rings. The minimum atomic E-state index is -3.61. The number of nitrogens with one attached hydrogen (secondary N) is 1. The lowest BCUT2D eigenvalue weighted by molar-refractivity contribution is -0.121. The van der Waals surface area contributed by atoms with Gasteiger partial charge in [-0.15, -0.1) is 0 Å². The topological polar surface area (TPSA) is 88.2 Å². The van der Waals surface area contributed by atoms with Crippen molar-refractivity contribution in [1.82, 2.24) is 9.21 Å². The summed E-state index contributed by atoms with van der Waals surface area (Å²) in [5.41, 5.74) is 0.381. The van der Waals surface area contributed by atoms with Crippen molar-refractivity contribution in [3.8, 4) is 5.75 Å². The van der Waals surface area contributed by atoms with Gasteiger partial charge in [0.25, 0.3) is 0 Å². The zero-order valence-corrected chi connectivity index (χ0v) is 19.8. The van der Waals surface area contributed by atoms with Gasteiger partial charge in [-0.3, -0.25) is 9.69 Å². The first-order valence-electron chi connectivity index (χ1n) is 11.1. The fourth-order valence-corrected chi connectivity index (χ4v) is 5.73. The van der Waals surface area contributed by atoms with E-state index >= 15 is 0 Å². The summed E-state index contributed by atoms with van der Waals surface area (Å²) >= 11 is 0. The lowest BCUT2D eigenvalue weighted by Gasteiger charge is -2.34. The Morgan fingerprint density at radius 3 is 2.42 bits per heavy atom. The number of sulfonamides is 1. The number of nitrogens with zero attached hydrogens (tertiary/aromatic N) is 2. The Labute approximate surface area is 185 Å². The van der Waals surface area contributed by atoms with Gasteiger partial charge < -0.3 is 14.8 Å². The smallest absolute Gasteiger partial charge is 0.243 e. The van der Waals surface area contributed by atoms with Crippen LogP contribution in [0.4, 0.5) is 5.69 Å². The molecule has 0 spiro atoms. The molecule has 2 atom stereocenters. The van der Waals surface area contributed by atoms with E-state index in [9.17, 15) is 13.2 Å². The molecular formula is C22H35N3O5S. The average Bonchev–Trinajstić information content (AvgIpc) is 2.68. The minimum absolute atomic E-state index is 0.0643. The van der Waals surface area contributed by atoms with Crippen molar-refractivity contribution < 1.29 is 22.7 Å². The molecule has 2 saturated heterocycles. The summed E-state index contributed by atoms with van der Waals surface area (Å²) < 4.78 is 39.3. The fourth-order valence-electron chi connectivity index (χ4n) is 4.18. The molecule has 2 fully saturated rings. The van der Waals surface area contributed by atoms with Crippen molar-refractivity contribution >= 4 is 21.6 Å². The maximum atomic E-state index is 13.1. The zero-order chi connectivity index (χ0) is 22.6. The number of hydrogen-bond donors (Lipinski definition) is 1. The second-order valence-electron chi connectivity index (χ2n) is 8.79. The number of rotatable bonds is 7. The van der Waals surface area contributed by atoms with Gasteiger partial charge in [-0.25, -0.2) is 8.42 Å². The van der Waals surface area contributed by atoms with Gasteiger partial charge in [0.1, 0.15) is 5.75 Å². The van der Waals surface area contributed by atoms with Crippen molar-refractivity contribution in [3.63, 3.8) is 0 Å². The summed E-state index contributed by atoms with van der Waals surface area (Å²) in [4.78, 5) is 15.0. The Morgan fingerprint density at radius 2 is 1.81 bits per heavy atom. The Hall–Kier alpha value is -1.68. The van der Waals surface area contributed by atoms with Crippen LogP contribution in [-0.4, -0.2) is 74.6 Å². The van der Waals surface area contributed by atoms with Crippen molar-refractivity contribution in [2.45, 2.75) is 70.2 Å². The van der Waals surface area contributed by atoms with Gasteiger partial charge in [0.15, 0.2) is 0 Å².